The Kier molecular flexibility index (Phi) is 5.37. The number of nitrogens with zero attached hydrogens (tertiary/aromatic N) is 2. The first-order chi connectivity index (χ1) is 9.99. The van der Waals surface area contributed by atoms with Crippen LogP contribution < -0.4 is 5.32 Å². The summed E-state index contributed by atoms with van der Waals surface area (Å²) < 4.78 is 0. The molecule has 0 bridgehead atoms. The van der Waals surface area contributed by atoms with E-state index in [1.807, 2.05) is 23.1 Å². The van der Waals surface area contributed by atoms with Gasteiger partial charge in [-0.1, -0.05) is 30.3 Å². The standard InChI is InChI=1S/C17H27N3O/c1-13(10-11-19(3)4)20-14(2)18-16(17(20)21)12-15-8-6-5-7-9-15/h5-9,13-14,16,18H,10-12H2,1-4H3. The third-order valence-electron chi connectivity index (χ3n) is 4.16. The topological polar surface area (TPSA) is 35.6 Å². The van der Waals surface area contributed by atoms with Gasteiger partial charge in [-0.15, -0.1) is 0 Å². The van der Waals surface area contributed by atoms with Gasteiger partial charge >= 0.3 is 0 Å². The van der Waals surface area contributed by atoms with E-state index < -0.39 is 0 Å². The fraction of sp³-hybridized carbons (Fsp3) is 0.588. The van der Waals surface area contributed by atoms with Gasteiger partial charge < -0.3 is 9.80 Å². The van der Waals surface area contributed by atoms with Crippen LogP contribution in [0, 0.1) is 0 Å². The van der Waals surface area contributed by atoms with Crippen molar-refractivity contribution in [3.05, 3.63) is 35.9 Å². The van der Waals surface area contributed by atoms with Crippen molar-refractivity contribution in [2.75, 3.05) is 20.6 Å². The zero-order valence-corrected chi connectivity index (χ0v) is 13.5. The minimum Gasteiger partial charge on any atom is -0.323 e. The molecule has 0 spiro atoms. The summed E-state index contributed by atoms with van der Waals surface area (Å²) >= 11 is 0. The van der Waals surface area contributed by atoms with Crippen molar-refractivity contribution < 1.29 is 4.79 Å². The lowest BCUT2D eigenvalue weighted by atomic mass is 10.1. The average molecular weight is 289 g/mol. The molecule has 1 aliphatic rings. The zero-order valence-electron chi connectivity index (χ0n) is 13.5. The van der Waals surface area contributed by atoms with Crippen LogP contribution in [0.15, 0.2) is 30.3 Å². The summed E-state index contributed by atoms with van der Waals surface area (Å²) in [7, 11) is 4.14. The second-order valence-corrected chi connectivity index (χ2v) is 6.27. The number of hydrogen-bond donors (Lipinski definition) is 1. The van der Waals surface area contributed by atoms with Crippen LogP contribution in [0.25, 0.3) is 0 Å². The van der Waals surface area contributed by atoms with Crippen molar-refractivity contribution in [1.29, 1.82) is 0 Å². The molecule has 1 saturated heterocycles. The van der Waals surface area contributed by atoms with Crippen LogP contribution in [0.4, 0.5) is 0 Å². The molecule has 4 nitrogen and oxygen atoms in total. The van der Waals surface area contributed by atoms with E-state index in [0.29, 0.717) is 0 Å². The van der Waals surface area contributed by atoms with Crippen LogP contribution in [0.5, 0.6) is 0 Å². The van der Waals surface area contributed by atoms with Crippen LogP contribution in [0.3, 0.4) is 0 Å². The highest BCUT2D eigenvalue weighted by molar-refractivity contribution is 5.84. The third kappa shape index (κ3) is 4.05. The number of carbonyl (C=O) groups excluding carboxylic acids is 1. The molecule has 0 aliphatic carbocycles. The molecule has 21 heavy (non-hydrogen) atoms. The Bertz CT molecular complexity index is 460. The smallest absolute Gasteiger partial charge is 0.241 e. The summed E-state index contributed by atoms with van der Waals surface area (Å²) in [6, 6.07) is 10.4. The Morgan fingerprint density at radius 2 is 1.95 bits per heavy atom. The average Bonchev–Trinajstić information content (AvgIpc) is 2.72. The molecule has 4 heteroatoms. The van der Waals surface area contributed by atoms with Crippen LogP contribution in [0.2, 0.25) is 0 Å². The number of carbonyl (C=O) groups is 1. The van der Waals surface area contributed by atoms with Crippen molar-refractivity contribution in [1.82, 2.24) is 15.1 Å². The van der Waals surface area contributed by atoms with E-state index in [2.05, 4.69) is 50.3 Å². The van der Waals surface area contributed by atoms with Crippen LogP contribution in [-0.4, -0.2) is 54.6 Å². The van der Waals surface area contributed by atoms with E-state index >= 15 is 0 Å². The molecule has 3 unspecified atom stereocenters. The molecule has 1 aromatic rings. The van der Waals surface area contributed by atoms with Gasteiger partial charge in [0.05, 0.1) is 12.2 Å². The Morgan fingerprint density at radius 3 is 2.57 bits per heavy atom. The molecule has 1 amide bonds. The largest absolute Gasteiger partial charge is 0.323 e. The molecule has 1 heterocycles. The van der Waals surface area contributed by atoms with Crippen molar-refractivity contribution in [2.24, 2.45) is 0 Å². The number of rotatable bonds is 6. The van der Waals surface area contributed by atoms with Crippen LogP contribution >= 0.6 is 0 Å². The van der Waals surface area contributed by atoms with Gasteiger partial charge in [-0.2, -0.15) is 0 Å². The van der Waals surface area contributed by atoms with E-state index in [4.69, 9.17) is 0 Å². The maximum absolute atomic E-state index is 12.7. The lowest BCUT2D eigenvalue weighted by Crippen LogP contribution is -2.42. The van der Waals surface area contributed by atoms with Crippen molar-refractivity contribution >= 4 is 5.91 Å². The fourth-order valence-electron chi connectivity index (χ4n) is 2.99. The molecule has 1 fully saturated rings. The van der Waals surface area contributed by atoms with Crippen LogP contribution in [0.1, 0.15) is 25.8 Å². The van der Waals surface area contributed by atoms with E-state index in [1.165, 1.54) is 5.56 Å². The fourth-order valence-corrected chi connectivity index (χ4v) is 2.99. The van der Waals surface area contributed by atoms with Gasteiger partial charge in [0.2, 0.25) is 5.91 Å². The lowest BCUT2D eigenvalue weighted by molar-refractivity contribution is -0.131. The number of nitrogens with one attached hydrogen (secondary N) is 1. The summed E-state index contributed by atoms with van der Waals surface area (Å²) in [4.78, 5) is 16.8. The van der Waals surface area contributed by atoms with Gasteiger partial charge in [-0.05, 0) is 52.9 Å². The lowest BCUT2D eigenvalue weighted by Gasteiger charge is -2.29. The van der Waals surface area contributed by atoms with Crippen molar-refractivity contribution in [3.8, 4) is 0 Å². The van der Waals surface area contributed by atoms with Gasteiger partial charge in [-0.25, -0.2) is 0 Å². The van der Waals surface area contributed by atoms with Crippen molar-refractivity contribution in [3.63, 3.8) is 0 Å². The SMILES string of the molecule is CC(CCN(C)C)N1C(=O)C(Cc2ccccc2)NC1C. The quantitative estimate of drug-likeness (QED) is 0.866. The molecule has 0 saturated carbocycles. The van der Waals surface area contributed by atoms with E-state index in [-0.39, 0.29) is 24.2 Å². The number of amides is 1. The Hall–Kier alpha value is -1.39. The maximum Gasteiger partial charge on any atom is 0.241 e. The number of hydrogen-bond acceptors (Lipinski definition) is 3. The molecule has 1 N–H and O–H groups in total. The molecule has 1 aromatic carbocycles. The van der Waals surface area contributed by atoms with E-state index in [9.17, 15) is 4.79 Å². The minimum atomic E-state index is -0.0933. The normalized spacial score (nSPS) is 23.9. The predicted octanol–water partition coefficient (Wildman–Crippen LogP) is 1.72. The number of benzene rings is 1. The molecule has 2 rings (SSSR count). The predicted molar refractivity (Wildman–Crippen MR) is 86.0 cm³/mol. The third-order valence-corrected chi connectivity index (χ3v) is 4.16. The van der Waals surface area contributed by atoms with E-state index in [0.717, 1.165) is 19.4 Å². The summed E-state index contributed by atoms with van der Waals surface area (Å²) in [5.41, 5.74) is 1.21. The molecule has 0 aromatic heterocycles. The van der Waals surface area contributed by atoms with Crippen molar-refractivity contribution in [2.45, 2.75) is 44.9 Å². The highest BCUT2D eigenvalue weighted by Gasteiger charge is 2.38. The molecular weight excluding hydrogens is 262 g/mol. The Morgan fingerprint density at radius 1 is 1.29 bits per heavy atom. The second kappa shape index (κ2) is 7.05. The molecule has 116 valence electrons. The first-order valence-corrected chi connectivity index (χ1v) is 7.76. The Balaban J connectivity index is 1.97. The van der Waals surface area contributed by atoms with Gasteiger partial charge in [0.15, 0.2) is 0 Å². The Labute approximate surface area is 128 Å². The first kappa shape index (κ1) is 16.0. The van der Waals surface area contributed by atoms with Gasteiger partial charge in [0, 0.05) is 6.04 Å². The summed E-state index contributed by atoms with van der Waals surface area (Å²) in [5, 5.41) is 3.43. The minimum absolute atomic E-state index is 0.0933. The summed E-state index contributed by atoms with van der Waals surface area (Å²) in [6.45, 7) is 5.22. The second-order valence-electron chi connectivity index (χ2n) is 6.27. The highest BCUT2D eigenvalue weighted by Crippen LogP contribution is 2.19. The van der Waals surface area contributed by atoms with Crippen LogP contribution in [-0.2, 0) is 11.2 Å². The maximum atomic E-state index is 12.7. The van der Waals surface area contributed by atoms with Gasteiger partial charge in [0.25, 0.3) is 0 Å². The molecule has 0 radical (unpaired) electrons. The van der Waals surface area contributed by atoms with Gasteiger partial charge in [-0.3, -0.25) is 10.1 Å². The van der Waals surface area contributed by atoms with Gasteiger partial charge in [0.1, 0.15) is 0 Å². The highest BCUT2D eigenvalue weighted by atomic mass is 16.2. The summed E-state index contributed by atoms with van der Waals surface area (Å²) in [6.07, 6.45) is 1.88. The first-order valence-electron chi connectivity index (χ1n) is 7.76. The molecule has 3 atom stereocenters. The molecule has 1 aliphatic heterocycles. The summed E-state index contributed by atoms with van der Waals surface area (Å²) in [5.74, 6) is 0.234. The van der Waals surface area contributed by atoms with E-state index in [1.54, 1.807) is 0 Å². The zero-order chi connectivity index (χ0) is 15.4. The monoisotopic (exact) mass is 289 g/mol. The molecular formula is C17H27N3O.